The monoisotopic (exact) mass is 448 g/mol. The van der Waals surface area contributed by atoms with Crippen molar-refractivity contribution in [1.29, 1.82) is 0 Å². The number of hydrogen-bond acceptors (Lipinski definition) is 5. The summed E-state index contributed by atoms with van der Waals surface area (Å²) in [5, 5.41) is 8.24. The highest BCUT2D eigenvalue weighted by Crippen LogP contribution is 2.41. The number of nitrogens with zero attached hydrogens (tertiary/aromatic N) is 3. The molecule has 1 atom stereocenters. The molecule has 0 radical (unpaired) electrons. The lowest BCUT2D eigenvalue weighted by Crippen LogP contribution is -2.31. The summed E-state index contributed by atoms with van der Waals surface area (Å²) < 4.78 is 7.93. The molecule has 2 heterocycles. The lowest BCUT2D eigenvalue weighted by molar-refractivity contribution is -0.116. The fraction of sp³-hybridized carbons (Fsp3) is 0.179. The standard InChI is InChI=1S/C28H24N4O2/c33-24-16-8-15-23-25(24)26(32-28(29-23)30-27(31-32)20-11-5-2-6-12-20)21-13-7-14-22(17-21)34-18-19-9-3-1-4-10-19/h1-7,9-14,17,26H,8,15-16,18H2,(H,29,30,31). The molecule has 1 aromatic heterocycles. The summed E-state index contributed by atoms with van der Waals surface area (Å²) in [4.78, 5) is 17.9. The predicted octanol–water partition coefficient (Wildman–Crippen LogP) is 5.55. The number of fused-ring (bicyclic) bond motifs is 1. The Labute approximate surface area is 197 Å². The molecule has 1 aliphatic carbocycles. The van der Waals surface area contributed by atoms with E-state index in [0.717, 1.165) is 46.6 Å². The van der Waals surface area contributed by atoms with Crippen LogP contribution in [0.3, 0.4) is 0 Å². The number of hydrogen-bond donors (Lipinski definition) is 1. The summed E-state index contributed by atoms with van der Waals surface area (Å²) in [5.74, 6) is 2.22. The van der Waals surface area contributed by atoms with Gasteiger partial charge in [0.1, 0.15) is 18.4 Å². The summed E-state index contributed by atoms with van der Waals surface area (Å²) >= 11 is 0. The van der Waals surface area contributed by atoms with Gasteiger partial charge < -0.3 is 10.1 Å². The molecule has 4 aromatic rings. The Kier molecular flexibility index (Phi) is 5.18. The number of anilines is 1. The molecule has 3 aromatic carbocycles. The molecule has 0 amide bonds. The highest BCUT2D eigenvalue weighted by atomic mass is 16.5. The van der Waals surface area contributed by atoms with Gasteiger partial charge in [-0.25, -0.2) is 4.68 Å². The van der Waals surface area contributed by atoms with Crippen LogP contribution < -0.4 is 10.1 Å². The molecular formula is C28H24N4O2. The number of benzene rings is 3. The minimum Gasteiger partial charge on any atom is -0.489 e. The largest absolute Gasteiger partial charge is 0.489 e. The molecule has 0 saturated heterocycles. The molecule has 34 heavy (non-hydrogen) atoms. The zero-order valence-corrected chi connectivity index (χ0v) is 18.6. The zero-order valence-electron chi connectivity index (χ0n) is 18.6. The van der Waals surface area contributed by atoms with Crippen LogP contribution >= 0.6 is 0 Å². The van der Waals surface area contributed by atoms with Crippen molar-refractivity contribution in [2.75, 3.05) is 5.32 Å². The first-order valence-electron chi connectivity index (χ1n) is 11.6. The molecule has 0 bridgehead atoms. The van der Waals surface area contributed by atoms with Crippen LogP contribution in [0.15, 0.2) is 96.2 Å². The molecule has 1 aliphatic heterocycles. The summed E-state index contributed by atoms with van der Waals surface area (Å²) in [6.45, 7) is 0.482. The van der Waals surface area contributed by atoms with Gasteiger partial charge in [0, 0.05) is 23.3 Å². The number of allylic oxidation sites excluding steroid dienone is 2. The maximum atomic E-state index is 13.1. The Morgan fingerprint density at radius 1 is 0.941 bits per heavy atom. The number of Topliss-reactive ketones (excluding diaryl/α,β-unsaturated/α-hetero) is 1. The second kappa shape index (κ2) is 8.63. The van der Waals surface area contributed by atoms with Crippen molar-refractivity contribution in [2.45, 2.75) is 31.9 Å². The Morgan fingerprint density at radius 3 is 2.56 bits per heavy atom. The van der Waals surface area contributed by atoms with Crippen LogP contribution in [-0.4, -0.2) is 20.5 Å². The molecule has 0 spiro atoms. The summed E-state index contributed by atoms with van der Waals surface area (Å²) in [5.41, 5.74) is 4.74. The fourth-order valence-corrected chi connectivity index (χ4v) is 4.69. The van der Waals surface area contributed by atoms with E-state index in [1.807, 2.05) is 89.6 Å². The van der Waals surface area contributed by atoms with Gasteiger partial charge in [0.05, 0.1) is 0 Å². The summed E-state index contributed by atoms with van der Waals surface area (Å²) in [6, 6.07) is 27.6. The highest BCUT2D eigenvalue weighted by Gasteiger charge is 2.37. The first-order valence-corrected chi connectivity index (χ1v) is 11.6. The SMILES string of the molecule is O=C1CCCC2=C1C(c1cccc(OCc3ccccc3)c1)n1nc(-c3ccccc3)nc1N2. The lowest BCUT2D eigenvalue weighted by atomic mass is 9.85. The molecule has 1 N–H and O–H groups in total. The third-order valence-corrected chi connectivity index (χ3v) is 6.32. The van der Waals surface area contributed by atoms with Crippen molar-refractivity contribution < 1.29 is 9.53 Å². The molecule has 1 unspecified atom stereocenters. The zero-order chi connectivity index (χ0) is 22.9. The number of nitrogens with one attached hydrogen (secondary N) is 1. The van der Waals surface area contributed by atoms with Crippen LogP contribution in [0.1, 0.15) is 36.4 Å². The van der Waals surface area contributed by atoms with Crippen LogP contribution in [0.25, 0.3) is 11.4 Å². The van der Waals surface area contributed by atoms with Crippen LogP contribution in [0, 0.1) is 0 Å². The van der Waals surface area contributed by atoms with E-state index in [-0.39, 0.29) is 11.8 Å². The fourth-order valence-electron chi connectivity index (χ4n) is 4.69. The highest BCUT2D eigenvalue weighted by molar-refractivity contribution is 5.99. The number of carbonyl (C=O) groups excluding carboxylic acids is 1. The second-order valence-electron chi connectivity index (χ2n) is 8.61. The van der Waals surface area contributed by atoms with E-state index < -0.39 is 0 Å². The van der Waals surface area contributed by atoms with E-state index in [1.165, 1.54) is 0 Å². The van der Waals surface area contributed by atoms with E-state index in [2.05, 4.69) is 5.32 Å². The van der Waals surface area contributed by atoms with Gasteiger partial charge in [0.25, 0.3) is 0 Å². The van der Waals surface area contributed by atoms with Gasteiger partial charge in [0.15, 0.2) is 11.6 Å². The van der Waals surface area contributed by atoms with Crippen LogP contribution in [0.5, 0.6) is 5.75 Å². The molecular weight excluding hydrogens is 424 g/mol. The normalized spacial score (nSPS) is 17.1. The van der Waals surface area contributed by atoms with Gasteiger partial charge in [-0.15, -0.1) is 5.10 Å². The average molecular weight is 449 g/mol. The quantitative estimate of drug-likeness (QED) is 0.434. The van der Waals surface area contributed by atoms with Gasteiger partial charge in [0.2, 0.25) is 5.95 Å². The number of ketones is 1. The van der Waals surface area contributed by atoms with Crippen molar-refractivity contribution in [2.24, 2.45) is 0 Å². The van der Waals surface area contributed by atoms with Gasteiger partial charge in [-0.1, -0.05) is 72.8 Å². The molecule has 0 saturated carbocycles. The van der Waals surface area contributed by atoms with E-state index in [0.29, 0.717) is 24.8 Å². The van der Waals surface area contributed by atoms with Gasteiger partial charge >= 0.3 is 0 Å². The van der Waals surface area contributed by atoms with Crippen molar-refractivity contribution in [3.63, 3.8) is 0 Å². The second-order valence-corrected chi connectivity index (χ2v) is 8.61. The number of aromatic nitrogens is 3. The number of ether oxygens (including phenoxy) is 1. The molecule has 168 valence electrons. The number of rotatable bonds is 5. The minimum absolute atomic E-state index is 0.164. The Hall–Kier alpha value is -4.19. The van der Waals surface area contributed by atoms with Gasteiger partial charge in [-0.05, 0) is 36.1 Å². The Bertz CT molecular complexity index is 1380. The van der Waals surface area contributed by atoms with Crippen molar-refractivity contribution >= 4 is 11.7 Å². The molecule has 6 nitrogen and oxygen atoms in total. The predicted molar refractivity (Wildman–Crippen MR) is 130 cm³/mol. The first kappa shape index (κ1) is 20.4. The smallest absolute Gasteiger partial charge is 0.226 e. The van der Waals surface area contributed by atoms with E-state index in [9.17, 15) is 4.79 Å². The minimum atomic E-state index is -0.343. The maximum absolute atomic E-state index is 13.1. The van der Waals surface area contributed by atoms with Crippen LogP contribution in [0.4, 0.5) is 5.95 Å². The third-order valence-electron chi connectivity index (χ3n) is 6.32. The topological polar surface area (TPSA) is 69.0 Å². The summed E-state index contributed by atoms with van der Waals surface area (Å²) in [6.07, 6.45) is 2.23. The lowest BCUT2D eigenvalue weighted by Gasteiger charge is -2.32. The van der Waals surface area contributed by atoms with E-state index in [1.54, 1.807) is 0 Å². The average Bonchev–Trinajstić information content (AvgIpc) is 3.31. The molecule has 2 aliphatic rings. The maximum Gasteiger partial charge on any atom is 0.226 e. The van der Waals surface area contributed by atoms with Gasteiger partial charge in [-0.3, -0.25) is 4.79 Å². The van der Waals surface area contributed by atoms with Crippen LogP contribution in [-0.2, 0) is 11.4 Å². The van der Waals surface area contributed by atoms with Crippen molar-refractivity contribution in [3.05, 3.63) is 107 Å². The Morgan fingerprint density at radius 2 is 1.74 bits per heavy atom. The van der Waals surface area contributed by atoms with Crippen molar-refractivity contribution in [3.8, 4) is 17.1 Å². The van der Waals surface area contributed by atoms with Crippen LogP contribution in [0.2, 0.25) is 0 Å². The third kappa shape index (κ3) is 3.77. The van der Waals surface area contributed by atoms with E-state index >= 15 is 0 Å². The number of carbonyl (C=O) groups is 1. The molecule has 6 heteroatoms. The van der Waals surface area contributed by atoms with E-state index in [4.69, 9.17) is 14.8 Å². The van der Waals surface area contributed by atoms with Gasteiger partial charge in [-0.2, -0.15) is 4.98 Å². The molecule has 6 rings (SSSR count). The summed E-state index contributed by atoms with van der Waals surface area (Å²) in [7, 11) is 0. The van der Waals surface area contributed by atoms with Crippen molar-refractivity contribution in [1.82, 2.24) is 14.8 Å². The Balaban J connectivity index is 1.40. The first-order chi connectivity index (χ1) is 16.8. The molecule has 0 fully saturated rings.